The largest absolute Gasteiger partial charge is 0.305 e. The monoisotopic (exact) mass is 196 g/mol. The summed E-state index contributed by atoms with van der Waals surface area (Å²) in [5, 5.41) is 3.06. The normalized spacial score (nSPS) is 22.7. The Bertz CT molecular complexity index is 261. The predicted molar refractivity (Wildman–Crippen MR) is 53.6 cm³/mol. The first-order chi connectivity index (χ1) is 6.66. The van der Waals surface area contributed by atoms with Gasteiger partial charge in [0.25, 0.3) is 0 Å². The highest BCUT2D eigenvalue weighted by atomic mass is 16.2. The molecule has 1 aliphatic rings. The van der Waals surface area contributed by atoms with E-state index in [2.05, 4.69) is 5.32 Å². The zero-order chi connectivity index (χ0) is 10.6. The summed E-state index contributed by atoms with van der Waals surface area (Å²) in [6.45, 7) is 2.69. The van der Waals surface area contributed by atoms with Gasteiger partial charge in [0.05, 0.1) is 12.5 Å². The lowest BCUT2D eigenvalue weighted by Gasteiger charge is -2.09. The van der Waals surface area contributed by atoms with E-state index in [9.17, 15) is 9.59 Å². The molecule has 0 aromatic rings. The summed E-state index contributed by atoms with van der Waals surface area (Å²) in [6, 6.07) is -0.308. The summed E-state index contributed by atoms with van der Waals surface area (Å²) < 4.78 is 0. The number of likely N-dealkylation sites (N-methyl/N-ethyl adjacent to an activating group) is 1. The number of amides is 2. The third-order valence-corrected chi connectivity index (χ3v) is 2.32. The number of hydrogen-bond acceptors (Lipinski definition) is 3. The lowest BCUT2D eigenvalue weighted by atomic mass is 10.2. The molecule has 0 saturated carbocycles. The Balaban J connectivity index is 2.33. The molecule has 1 saturated heterocycles. The molecule has 1 atom stereocenters. The minimum Gasteiger partial charge on any atom is -0.305 e. The van der Waals surface area contributed by atoms with Gasteiger partial charge < -0.3 is 5.32 Å². The molecule has 0 bridgehead atoms. The molecule has 14 heavy (non-hydrogen) atoms. The van der Waals surface area contributed by atoms with Gasteiger partial charge >= 0.3 is 0 Å². The molecule has 0 radical (unpaired) electrons. The number of allylic oxidation sites excluding steroid dienone is 1. The van der Waals surface area contributed by atoms with Crippen LogP contribution in [-0.4, -0.2) is 36.3 Å². The molecule has 0 aromatic heterocycles. The Hall–Kier alpha value is -1.16. The van der Waals surface area contributed by atoms with Gasteiger partial charge in [-0.1, -0.05) is 12.2 Å². The van der Waals surface area contributed by atoms with Crippen molar-refractivity contribution in [3.05, 3.63) is 12.2 Å². The minimum atomic E-state index is -0.308. The fraction of sp³-hybridized carbons (Fsp3) is 0.600. The Morgan fingerprint density at radius 1 is 1.57 bits per heavy atom. The maximum Gasteiger partial charge on any atom is 0.246 e. The van der Waals surface area contributed by atoms with Crippen molar-refractivity contribution in [2.24, 2.45) is 0 Å². The van der Waals surface area contributed by atoms with E-state index in [1.807, 2.05) is 19.1 Å². The van der Waals surface area contributed by atoms with Gasteiger partial charge in [0.1, 0.15) is 0 Å². The second-order valence-corrected chi connectivity index (χ2v) is 3.36. The molecule has 1 unspecified atom stereocenters. The van der Waals surface area contributed by atoms with Crippen LogP contribution in [-0.2, 0) is 9.59 Å². The van der Waals surface area contributed by atoms with Crippen LogP contribution in [0.3, 0.4) is 0 Å². The van der Waals surface area contributed by atoms with E-state index in [1.54, 1.807) is 0 Å². The predicted octanol–water partition coefficient (Wildman–Crippen LogP) is 0.299. The summed E-state index contributed by atoms with van der Waals surface area (Å²) in [5.41, 5.74) is 0. The molecule has 1 rings (SSSR count). The molecule has 1 N–H and O–H groups in total. The lowest BCUT2D eigenvalue weighted by molar-refractivity contribution is -0.137. The van der Waals surface area contributed by atoms with E-state index in [1.165, 1.54) is 11.9 Å². The van der Waals surface area contributed by atoms with Crippen LogP contribution in [0.4, 0.5) is 0 Å². The average Bonchev–Trinajstić information content (AvgIpc) is 2.41. The highest BCUT2D eigenvalue weighted by molar-refractivity contribution is 6.05. The van der Waals surface area contributed by atoms with Crippen molar-refractivity contribution in [3.63, 3.8) is 0 Å². The van der Waals surface area contributed by atoms with Crippen LogP contribution in [0.15, 0.2) is 12.2 Å². The van der Waals surface area contributed by atoms with Crippen LogP contribution >= 0.6 is 0 Å². The first-order valence-corrected chi connectivity index (χ1v) is 4.81. The first-order valence-electron chi connectivity index (χ1n) is 4.81. The number of carbonyl (C=O) groups is 2. The Kier molecular flexibility index (Phi) is 3.83. The van der Waals surface area contributed by atoms with Gasteiger partial charge in [-0.2, -0.15) is 0 Å². The van der Waals surface area contributed by atoms with Gasteiger partial charge in [0.15, 0.2) is 0 Å². The standard InChI is InChI=1S/C10H16N2O2/c1-3-4-5-6-11-8-7-9(13)12(2)10(8)14/h3-4,8,11H,5-7H2,1-2H3/b4-3+. The maximum absolute atomic E-state index is 11.4. The fourth-order valence-electron chi connectivity index (χ4n) is 1.42. The third kappa shape index (κ3) is 2.42. The van der Waals surface area contributed by atoms with Gasteiger partial charge in [-0.05, 0) is 19.9 Å². The fourth-order valence-corrected chi connectivity index (χ4v) is 1.42. The summed E-state index contributed by atoms with van der Waals surface area (Å²) in [7, 11) is 1.53. The summed E-state index contributed by atoms with van der Waals surface area (Å²) in [6.07, 6.45) is 5.18. The number of nitrogens with one attached hydrogen (secondary N) is 1. The Morgan fingerprint density at radius 3 is 2.79 bits per heavy atom. The van der Waals surface area contributed by atoms with Crippen molar-refractivity contribution in [2.75, 3.05) is 13.6 Å². The Morgan fingerprint density at radius 2 is 2.29 bits per heavy atom. The number of likely N-dealkylation sites (tertiary alicyclic amines) is 1. The Labute approximate surface area is 84.0 Å². The van der Waals surface area contributed by atoms with Crippen molar-refractivity contribution >= 4 is 11.8 Å². The number of imide groups is 1. The van der Waals surface area contributed by atoms with Gasteiger partial charge in [-0.15, -0.1) is 0 Å². The molecule has 0 aromatic carbocycles. The van der Waals surface area contributed by atoms with E-state index < -0.39 is 0 Å². The maximum atomic E-state index is 11.4. The van der Waals surface area contributed by atoms with Crippen LogP contribution < -0.4 is 5.32 Å². The van der Waals surface area contributed by atoms with Crippen LogP contribution in [0.5, 0.6) is 0 Å². The quantitative estimate of drug-likeness (QED) is 0.399. The van der Waals surface area contributed by atoms with E-state index in [0.29, 0.717) is 6.42 Å². The van der Waals surface area contributed by atoms with Crippen LogP contribution in [0.25, 0.3) is 0 Å². The highest BCUT2D eigenvalue weighted by Gasteiger charge is 2.35. The highest BCUT2D eigenvalue weighted by Crippen LogP contribution is 2.10. The second kappa shape index (κ2) is 4.91. The van der Waals surface area contributed by atoms with Crippen molar-refractivity contribution < 1.29 is 9.59 Å². The second-order valence-electron chi connectivity index (χ2n) is 3.36. The van der Waals surface area contributed by atoms with Crippen molar-refractivity contribution in [2.45, 2.75) is 25.8 Å². The molecule has 78 valence electrons. The summed E-state index contributed by atoms with van der Waals surface area (Å²) in [4.78, 5) is 23.7. The molecule has 0 spiro atoms. The average molecular weight is 196 g/mol. The number of hydrogen-bond donors (Lipinski definition) is 1. The van der Waals surface area contributed by atoms with E-state index in [4.69, 9.17) is 0 Å². The molecular formula is C10H16N2O2. The van der Waals surface area contributed by atoms with Crippen LogP contribution in [0.2, 0.25) is 0 Å². The zero-order valence-electron chi connectivity index (χ0n) is 8.62. The van der Waals surface area contributed by atoms with Crippen molar-refractivity contribution in [1.82, 2.24) is 10.2 Å². The molecule has 4 heteroatoms. The van der Waals surface area contributed by atoms with E-state index >= 15 is 0 Å². The summed E-state index contributed by atoms with van der Waals surface area (Å²) >= 11 is 0. The number of rotatable bonds is 4. The molecule has 1 fully saturated rings. The molecule has 0 aliphatic carbocycles. The summed E-state index contributed by atoms with van der Waals surface area (Å²) in [5.74, 6) is -0.214. The molecule has 1 heterocycles. The van der Waals surface area contributed by atoms with Crippen molar-refractivity contribution in [3.8, 4) is 0 Å². The third-order valence-electron chi connectivity index (χ3n) is 2.32. The van der Waals surface area contributed by atoms with E-state index in [-0.39, 0.29) is 17.9 Å². The first kappa shape index (κ1) is 10.9. The van der Waals surface area contributed by atoms with E-state index in [0.717, 1.165) is 13.0 Å². The molecule has 2 amide bonds. The lowest BCUT2D eigenvalue weighted by Crippen LogP contribution is -2.37. The molecular weight excluding hydrogens is 180 g/mol. The topological polar surface area (TPSA) is 49.4 Å². The number of nitrogens with zero attached hydrogens (tertiary/aromatic N) is 1. The minimum absolute atomic E-state index is 0.0986. The SMILES string of the molecule is C/C=C/CCNC1CC(=O)N(C)C1=O. The smallest absolute Gasteiger partial charge is 0.246 e. The van der Waals surface area contributed by atoms with Gasteiger partial charge in [-0.3, -0.25) is 14.5 Å². The van der Waals surface area contributed by atoms with Crippen LogP contribution in [0, 0.1) is 0 Å². The van der Waals surface area contributed by atoms with Crippen molar-refractivity contribution in [1.29, 1.82) is 0 Å². The number of carbonyl (C=O) groups excluding carboxylic acids is 2. The zero-order valence-corrected chi connectivity index (χ0v) is 8.62. The molecule has 4 nitrogen and oxygen atoms in total. The van der Waals surface area contributed by atoms with Gasteiger partial charge in [-0.25, -0.2) is 0 Å². The van der Waals surface area contributed by atoms with Crippen LogP contribution in [0.1, 0.15) is 19.8 Å². The molecule has 1 aliphatic heterocycles. The van der Waals surface area contributed by atoms with Gasteiger partial charge in [0.2, 0.25) is 11.8 Å². The van der Waals surface area contributed by atoms with Gasteiger partial charge in [0, 0.05) is 7.05 Å².